The molecule has 1 aliphatic rings. The van der Waals surface area contributed by atoms with Crippen LogP contribution in [-0.2, 0) is 16.6 Å². The topological polar surface area (TPSA) is 79.5 Å². The average molecular weight is 427 g/mol. The highest BCUT2D eigenvalue weighted by molar-refractivity contribution is 7.89. The first-order valence-electron chi connectivity index (χ1n) is 10.0. The maximum absolute atomic E-state index is 13.0. The summed E-state index contributed by atoms with van der Waals surface area (Å²) in [6, 6.07) is 13.3. The van der Waals surface area contributed by atoms with Crippen molar-refractivity contribution in [2.45, 2.75) is 32.2 Å². The van der Waals surface area contributed by atoms with Crippen LogP contribution in [0.25, 0.3) is 11.4 Å². The molecule has 0 saturated carbocycles. The lowest BCUT2D eigenvalue weighted by Gasteiger charge is -2.33. The van der Waals surface area contributed by atoms with E-state index in [0.29, 0.717) is 49.3 Å². The van der Waals surface area contributed by atoms with Gasteiger partial charge in [-0.3, -0.25) is 4.90 Å². The normalized spacial score (nSPS) is 16.1. The summed E-state index contributed by atoms with van der Waals surface area (Å²) in [6.45, 7) is 8.57. The van der Waals surface area contributed by atoms with E-state index in [1.165, 1.54) is 5.56 Å². The number of aryl methyl sites for hydroxylation is 3. The number of rotatable bonds is 5. The number of sulfonamides is 1. The van der Waals surface area contributed by atoms with Crippen LogP contribution < -0.4 is 0 Å². The molecule has 2 heterocycles. The van der Waals surface area contributed by atoms with Crippen LogP contribution in [0.15, 0.2) is 51.9 Å². The Morgan fingerprint density at radius 1 is 0.933 bits per heavy atom. The van der Waals surface area contributed by atoms with E-state index in [9.17, 15) is 8.42 Å². The minimum atomic E-state index is -3.48. The first-order chi connectivity index (χ1) is 14.3. The Hall–Kier alpha value is -2.55. The van der Waals surface area contributed by atoms with Crippen LogP contribution >= 0.6 is 0 Å². The van der Waals surface area contributed by atoms with Gasteiger partial charge in [0.2, 0.25) is 21.7 Å². The predicted octanol–water partition coefficient (Wildman–Crippen LogP) is 3.17. The second-order valence-corrected chi connectivity index (χ2v) is 9.74. The van der Waals surface area contributed by atoms with Gasteiger partial charge in [0.15, 0.2) is 0 Å². The van der Waals surface area contributed by atoms with Crippen LogP contribution in [0, 0.1) is 20.8 Å². The van der Waals surface area contributed by atoms with Gasteiger partial charge >= 0.3 is 0 Å². The Labute approximate surface area is 177 Å². The molecule has 1 aliphatic heterocycles. The molecule has 0 amide bonds. The molecule has 8 heteroatoms. The summed E-state index contributed by atoms with van der Waals surface area (Å²) in [7, 11) is -3.48. The highest BCUT2D eigenvalue weighted by atomic mass is 32.2. The molecule has 1 aromatic heterocycles. The van der Waals surface area contributed by atoms with Crippen molar-refractivity contribution in [2.75, 3.05) is 26.2 Å². The van der Waals surface area contributed by atoms with Gasteiger partial charge in [0, 0.05) is 31.7 Å². The van der Waals surface area contributed by atoms with Gasteiger partial charge in [-0.05, 0) is 44.0 Å². The number of nitrogens with zero attached hydrogens (tertiary/aromatic N) is 4. The Morgan fingerprint density at radius 2 is 1.63 bits per heavy atom. The summed E-state index contributed by atoms with van der Waals surface area (Å²) in [5, 5.41) is 4.07. The maximum atomic E-state index is 13.0. The molecular formula is C22H26N4O3S. The Morgan fingerprint density at radius 3 is 2.30 bits per heavy atom. The summed E-state index contributed by atoms with van der Waals surface area (Å²) in [5.74, 6) is 1.11. The van der Waals surface area contributed by atoms with E-state index >= 15 is 0 Å². The fourth-order valence-corrected chi connectivity index (χ4v) is 4.99. The second kappa shape index (κ2) is 8.29. The third-order valence-electron chi connectivity index (χ3n) is 5.58. The van der Waals surface area contributed by atoms with Crippen molar-refractivity contribution in [3.05, 3.63) is 65.0 Å². The number of hydrogen-bond donors (Lipinski definition) is 0. The average Bonchev–Trinajstić information content (AvgIpc) is 3.19. The van der Waals surface area contributed by atoms with E-state index in [1.54, 1.807) is 16.4 Å². The molecule has 2 aromatic carbocycles. The molecule has 0 spiro atoms. The standard InChI is InChI=1S/C22H26N4O3S/c1-16-4-7-19(8-5-16)22-23-21(29-24-22)15-25-10-12-26(13-11-25)30(27,28)20-9-6-17(2)18(3)14-20/h4-9,14H,10-13,15H2,1-3H3. The smallest absolute Gasteiger partial charge is 0.243 e. The summed E-state index contributed by atoms with van der Waals surface area (Å²) >= 11 is 0. The van der Waals surface area contributed by atoms with Crippen molar-refractivity contribution < 1.29 is 12.9 Å². The zero-order valence-corrected chi connectivity index (χ0v) is 18.3. The van der Waals surface area contributed by atoms with E-state index in [-0.39, 0.29) is 0 Å². The first-order valence-corrected chi connectivity index (χ1v) is 11.5. The minimum Gasteiger partial charge on any atom is -0.338 e. The molecule has 0 radical (unpaired) electrons. The Kier molecular flexibility index (Phi) is 5.73. The van der Waals surface area contributed by atoms with Gasteiger partial charge in [-0.25, -0.2) is 8.42 Å². The van der Waals surface area contributed by atoms with Gasteiger partial charge in [-0.2, -0.15) is 9.29 Å². The van der Waals surface area contributed by atoms with Gasteiger partial charge in [0.05, 0.1) is 11.4 Å². The number of aromatic nitrogens is 2. The molecule has 1 saturated heterocycles. The fraction of sp³-hybridized carbons (Fsp3) is 0.364. The second-order valence-electron chi connectivity index (χ2n) is 7.80. The van der Waals surface area contributed by atoms with Crippen molar-refractivity contribution in [1.82, 2.24) is 19.3 Å². The van der Waals surface area contributed by atoms with Crippen molar-refractivity contribution in [3.63, 3.8) is 0 Å². The number of piperazine rings is 1. The quantitative estimate of drug-likeness (QED) is 0.624. The van der Waals surface area contributed by atoms with Crippen LogP contribution in [0.2, 0.25) is 0 Å². The molecule has 4 rings (SSSR count). The molecule has 0 unspecified atom stereocenters. The van der Waals surface area contributed by atoms with Gasteiger partial charge in [0.1, 0.15) is 0 Å². The molecule has 0 aliphatic carbocycles. The molecule has 30 heavy (non-hydrogen) atoms. The van der Waals surface area contributed by atoms with Crippen LogP contribution in [0.5, 0.6) is 0 Å². The maximum Gasteiger partial charge on any atom is 0.243 e. The zero-order valence-electron chi connectivity index (χ0n) is 17.5. The first kappa shape index (κ1) is 20.7. The van der Waals surface area contributed by atoms with E-state index < -0.39 is 10.0 Å². The summed E-state index contributed by atoms with van der Waals surface area (Å²) in [6.07, 6.45) is 0. The lowest BCUT2D eigenvalue weighted by atomic mass is 10.1. The highest BCUT2D eigenvalue weighted by Crippen LogP contribution is 2.21. The molecule has 3 aromatic rings. The van der Waals surface area contributed by atoms with Crippen molar-refractivity contribution >= 4 is 10.0 Å². The van der Waals surface area contributed by atoms with Gasteiger partial charge < -0.3 is 4.52 Å². The van der Waals surface area contributed by atoms with Crippen molar-refractivity contribution in [1.29, 1.82) is 0 Å². The summed E-state index contributed by atoms with van der Waals surface area (Å²) in [4.78, 5) is 6.98. The van der Waals surface area contributed by atoms with E-state index in [1.807, 2.05) is 51.1 Å². The van der Waals surface area contributed by atoms with Crippen molar-refractivity contribution in [2.24, 2.45) is 0 Å². The third kappa shape index (κ3) is 4.30. The monoisotopic (exact) mass is 426 g/mol. The van der Waals surface area contributed by atoms with Crippen LogP contribution in [-0.4, -0.2) is 53.9 Å². The fourth-order valence-electron chi connectivity index (χ4n) is 3.48. The van der Waals surface area contributed by atoms with E-state index in [0.717, 1.165) is 16.7 Å². The van der Waals surface area contributed by atoms with Crippen LogP contribution in [0.4, 0.5) is 0 Å². The molecule has 158 valence electrons. The van der Waals surface area contributed by atoms with Crippen molar-refractivity contribution in [3.8, 4) is 11.4 Å². The van der Waals surface area contributed by atoms with E-state index in [2.05, 4.69) is 15.0 Å². The van der Waals surface area contributed by atoms with Gasteiger partial charge in [-0.1, -0.05) is 41.1 Å². The third-order valence-corrected chi connectivity index (χ3v) is 7.48. The molecular weight excluding hydrogens is 400 g/mol. The lowest BCUT2D eigenvalue weighted by Crippen LogP contribution is -2.48. The summed E-state index contributed by atoms with van der Waals surface area (Å²) in [5.41, 5.74) is 4.16. The SMILES string of the molecule is Cc1ccc(-c2noc(CN3CCN(S(=O)(=O)c4ccc(C)c(C)c4)CC3)n2)cc1. The Balaban J connectivity index is 1.38. The number of hydrogen-bond acceptors (Lipinski definition) is 6. The summed E-state index contributed by atoms with van der Waals surface area (Å²) < 4.78 is 32.9. The van der Waals surface area contributed by atoms with Gasteiger partial charge in [-0.15, -0.1) is 0 Å². The lowest BCUT2D eigenvalue weighted by molar-refractivity contribution is 0.163. The van der Waals surface area contributed by atoms with Gasteiger partial charge in [0.25, 0.3) is 0 Å². The Bertz CT molecular complexity index is 1130. The zero-order chi connectivity index (χ0) is 21.3. The largest absolute Gasteiger partial charge is 0.338 e. The highest BCUT2D eigenvalue weighted by Gasteiger charge is 2.29. The number of benzene rings is 2. The van der Waals surface area contributed by atoms with E-state index in [4.69, 9.17) is 4.52 Å². The van der Waals surface area contributed by atoms with Crippen LogP contribution in [0.1, 0.15) is 22.6 Å². The predicted molar refractivity (Wildman–Crippen MR) is 114 cm³/mol. The molecule has 0 atom stereocenters. The molecule has 1 fully saturated rings. The van der Waals surface area contributed by atoms with Crippen LogP contribution in [0.3, 0.4) is 0 Å². The molecule has 0 bridgehead atoms. The molecule has 7 nitrogen and oxygen atoms in total. The molecule has 0 N–H and O–H groups in total. The minimum absolute atomic E-state index is 0.360.